The molecule has 1 aromatic heterocycles. The number of hydrogen-bond acceptors (Lipinski definition) is 5. The fourth-order valence-corrected chi connectivity index (χ4v) is 5.56. The fourth-order valence-electron chi connectivity index (χ4n) is 5.56. The molecular weight excluding hydrogens is 416 g/mol. The smallest absolute Gasteiger partial charge is 0.255 e. The summed E-state index contributed by atoms with van der Waals surface area (Å²) in [5.74, 6) is -0.280. The molecule has 5 rings (SSSR count). The maximum Gasteiger partial charge on any atom is 0.255 e. The zero-order chi connectivity index (χ0) is 23.2. The first-order valence-corrected chi connectivity index (χ1v) is 11.8. The molecule has 7 heteroatoms. The zero-order valence-electron chi connectivity index (χ0n) is 19.2. The van der Waals surface area contributed by atoms with E-state index in [1.165, 1.54) is 11.1 Å². The Morgan fingerprint density at radius 1 is 1.00 bits per heavy atom. The van der Waals surface area contributed by atoms with Crippen molar-refractivity contribution in [2.24, 2.45) is 0 Å². The van der Waals surface area contributed by atoms with Gasteiger partial charge >= 0.3 is 0 Å². The number of amides is 3. The van der Waals surface area contributed by atoms with E-state index < -0.39 is 6.04 Å². The number of nitrogens with zero attached hydrogens (tertiary/aromatic N) is 3. The van der Waals surface area contributed by atoms with Crippen LogP contribution in [0.4, 0.5) is 0 Å². The molecule has 0 spiro atoms. The van der Waals surface area contributed by atoms with Gasteiger partial charge in [0.25, 0.3) is 5.91 Å². The molecule has 7 nitrogen and oxygen atoms in total. The summed E-state index contributed by atoms with van der Waals surface area (Å²) in [6.45, 7) is 7.00. The van der Waals surface area contributed by atoms with Crippen LogP contribution in [0.2, 0.25) is 0 Å². The Balaban J connectivity index is 1.27. The topological polar surface area (TPSA) is 82.6 Å². The zero-order valence-corrected chi connectivity index (χ0v) is 19.2. The first-order valence-electron chi connectivity index (χ1n) is 11.8. The number of carbonyl (C=O) groups excluding carboxylic acids is 3. The van der Waals surface area contributed by atoms with Crippen LogP contribution in [-0.4, -0.2) is 51.6 Å². The van der Waals surface area contributed by atoms with E-state index in [0.717, 1.165) is 31.5 Å². The van der Waals surface area contributed by atoms with Crippen LogP contribution in [0.5, 0.6) is 0 Å². The van der Waals surface area contributed by atoms with Crippen molar-refractivity contribution in [3.05, 3.63) is 65.0 Å². The molecule has 0 bridgehead atoms. The molecule has 1 atom stereocenters. The van der Waals surface area contributed by atoms with Gasteiger partial charge in [-0.3, -0.25) is 29.6 Å². The number of pyridine rings is 1. The number of likely N-dealkylation sites (tertiary alicyclic amines) is 1. The first-order chi connectivity index (χ1) is 15.8. The number of piperidine rings is 2. The molecule has 3 aliphatic heterocycles. The first kappa shape index (κ1) is 21.8. The van der Waals surface area contributed by atoms with Gasteiger partial charge in [-0.2, -0.15) is 0 Å². The van der Waals surface area contributed by atoms with E-state index in [2.05, 4.69) is 53.3 Å². The molecule has 33 heavy (non-hydrogen) atoms. The minimum atomic E-state index is -0.565. The molecule has 3 aliphatic rings. The van der Waals surface area contributed by atoms with Gasteiger partial charge in [-0.05, 0) is 87.0 Å². The Hall–Kier alpha value is -3.06. The minimum Gasteiger partial charge on any atom is -0.322 e. The summed E-state index contributed by atoms with van der Waals surface area (Å²) in [6, 6.07) is 9.79. The molecule has 0 aliphatic carbocycles. The van der Waals surface area contributed by atoms with E-state index in [1.807, 2.05) is 18.5 Å². The summed E-state index contributed by atoms with van der Waals surface area (Å²) < 4.78 is 0. The molecule has 0 saturated carbocycles. The highest BCUT2D eigenvalue weighted by Crippen LogP contribution is 2.37. The van der Waals surface area contributed by atoms with Gasteiger partial charge in [0.2, 0.25) is 11.8 Å². The van der Waals surface area contributed by atoms with Gasteiger partial charge in [-0.1, -0.05) is 12.1 Å². The largest absolute Gasteiger partial charge is 0.322 e. The SMILES string of the molecule is CC(C)(c1ccncc1)N1CCC(c2ccc3c(c2)CN(C2CCC(=O)NC2=O)C3=O)CC1. The van der Waals surface area contributed by atoms with Gasteiger partial charge in [-0.25, -0.2) is 0 Å². The second kappa shape index (κ2) is 8.37. The lowest BCUT2D eigenvalue weighted by Gasteiger charge is -2.43. The van der Waals surface area contributed by atoms with Crippen LogP contribution in [0.25, 0.3) is 0 Å². The number of imide groups is 1. The quantitative estimate of drug-likeness (QED) is 0.731. The van der Waals surface area contributed by atoms with Gasteiger partial charge < -0.3 is 4.90 Å². The van der Waals surface area contributed by atoms with Crippen molar-refractivity contribution in [1.29, 1.82) is 0 Å². The van der Waals surface area contributed by atoms with Crippen LogP contribution in [-0.2, 0) is 21.7 Å². The molecule has 0 radical (unpaired) electrons. The predicted octanol–water partition coefficient (Wildman–Crippen LogP) is 2.96. The van der Waals surface area contributed by atoms with Crippen molar-refractivity contribution in [1.82, 2.24) is 20.1 Å². The molecule has 1 unspecified atom stereocenters. The van der Waals surface area contributed by atoms with E-state index in [9.17, 15) is 14.4 Å². The standard InChI is InChI=1S/C26H30N4O3/c1-26(2,20-7-11-27-12-8-20)29-13-9-17(10-14-29)18-3-4-21-19(15-18)16-30(25(21)33)22-5-6-23(31)28-24(22)32/h3-4,7-8,11-12,15,17,22H,5-6,9-10,13-14,16H2,1-2H3,(H,28,31,32). The van der Waals surface area contributed by atoms with Crippen LogP contribution in [0.1, 0.15) is 72.5 Å². The van der Waals surface area contributed by atoms with E-state index >= 15 is 0 Å². The van der Waals surface area contributed by atoms with Crippen molar-refractivity contribution in [3.8, 4) is 0 Å². The van der Waals surface area contributed by atoms with Gasteiger partial charge in [0.1, 0.15) is 6.04 Å². The summed E-state index contributed by atoms with van der Waals surface area (Å²) in [5.41, 5.74) is 4.18. The average molecular weight is 447 g/mol. The highest BCUT2D eigenvalue weighted by atomic mass is 16.2. The number of rotatable bonds is 4. The monoisotopic (exact) mass is 446 g/mol. The lowest BCUT2D eigenvalue weighted by molar-refractivity contribution is -0.136. The van der Waals surface area contributed by atoms with E-state index in [0.29, 0.717) is 24.4 Å². The van der Waals surface area contributed by atoms with Gasteiger partial charge in [0.05, 0.1) is 0 Å². The Labute approximate surface area is 194 Å². The maximum atomic E-state index is 12.9. The van der Waals surface area contributed by atoms with Crippen molar-refractivity contribution < 1.29 is 14.4 Å². The Morgan fingerprint density at radius 2 is 1.73 bits per heavy atom. The third kappa shape index (κ3) is 3.95. The van der Waals surface area contributed by atoms with Crippen molar-refractivity contribution >= 4 is 17.7 Å². The lowest BCUT2D eigenvalue weighted by atomic mass is 9.84. The van der Waals surface area contributed by atoms with E-state index in [-0.39, 0.29) is 29.7 Å². The molecule has 2 saturated heterocycles. The average Bonchev–Trinajstić information content (AvgIpc) is 3.15. The maximum absolute atomic E-state index is 12.9. The van der Waals surface area contributed by atoms with Crippen LogP contribution < -0.4 is 5.32 Å². The van der Waals surface area contributed by atoms with E-state index in [1.54, 1.807) is 4.90 Å². The number of hydrogen-bond donors (Lipinski definition) is 1. The summed E-state index contributed by atoms with van der Waals surface area (Å²) in [5, 5.41) is 2.36. The molecule has 172 valence electrons. The third-order valence-electron chi connectivity index (χ3n) is 7.69. The fraction of sp³-hybridized carbons (Fsp3) is 0.462. The molecule has 2 aromatic rings. The van der Waals surface area contributed by atoms with Gasteiger partial charge in [0.15, 0.2) is 0 Å². The normalized spacial score (nSPS) is 22.4. The van der Waals surface area contributed by atoms with Crippen LogP contribution >= 0.6 is 0 Å². The molecule has 3 amide bonds. The third-order valence-corrected chi connectivity index (χ3v) is 7.69. The van der Waals surface area contributed by atoms with Crippen LogP contribution in [0.3, 0.4) is 0 Å². The number of benzene rings is 1. The Bertz CT molecular complexity index is 1090. The van der Waals surface area contributed by atoms with Crippen LogP contribution in [0.15, 0.2) is 42.7 Å². The second-order valence-electron chi connectivity index (χ2n) is 9.87. The number of aromatic nitrogens is 1. The number of fused-ring (bicyclic) bond motifs is 1. The summed E-state index contributed by atoms with van der Waals surface area (Å²) in [6.07, 6.45) is 6.51. The molecule has 1 N–H and O–H groups in total. The number of carbonyl (C=O) groups is 3. The molecular formula is C26H30N4O3. The molecule has 1 aromatic carbocycles. The van der Waals surface area contributed by atoms with Crippen molar-refractivity contribution in [2.75, 3.05) is 13.1 Å². The molecule has 4 heterocycles. The van der Waals surface area contributed by atoms with Crippen molar-refractivity contribution in [2.45, 2.75) is 63.6 Å². The predicted molar refractivity (Wildman–Crippen MR) is 123 cm³/mol. The van der Waals surface area contributed by atoms with Crippen molar-refractivity contribution in [3.63, 3.8) is 0 Å². The summed E-state index contributed by atoms with van der Waals surface area (Å²) in [7, 11) is 0. The van der Waals surface area contributed by atoms with Crippen LogP contribution in [0, 0.1) is 0 Å². The highest BCUT2D eigenvalue weighted by molar-refractivity contribution is 6.05. The minimum absolute atomic E-state index is 0.0410. The van der Waals surface area contributed by atoms with Gasteiger partial charge in [-0.15, -0.1) is 0 Å². The lowest BCUT2D eigenvalue weighted by Crippen LogP contribution is -2.52. The van der Waals surface area contributed by atoms with Gasteiger partial charge in [0, 0.05) is 36.5 Å². The highest BCUT2D eigenvalue weighted by Gasteiger charge is 2.39. The second-order valence-corrected chi connectivity index (χ2v) is 9.87. The summed E-state index contributed by atoms with van der Waals surface area (Å²) in [4.78, 5) is 45.0. The molecule has 2 fully saturated rings. The van der Waals surface area contributed by atoms with E-state index in [4.69, 9.17) is 0 Å². The summed E-state index contributed by atoms with van der Waals surface area (Å²) >= 11 is 0. The Kier molecular flexibility index (Phi) is 5.52. The Morgan fingerprint density at radius 3 is 2.42 bits per heavy atom. The number of nitrogens with one attached hydrogen (secondary N) is 1.